The summed E-state index contributed by atoms with van der Waals surface area (Å²) < 4.78 is 0. The molecule has 0 fully saturated rings. The molecule has 3 aromatic rings. The molecule has 0 saturated heterocycles. The Balaban J connectivity index is 1.99. The molecule has 3 N–H and O–H groups in total. The number of nitrogens with two attached hydrogens (primary N) is 1. The molecular formula is C16H14N4O. The molecule has 0 atom stereocenters. The molecule has 0 saturated carbocycles. The van der Waals surface area contributed by atoms with Gasteiger partial charge in [0.15, 0.2) is 0 Å². The molecule has 5 heteroatoms. The number of amides is 1. The molecule has 0 radical (unpaired) electrons. The van der Waals surface area contributed by atoms with Gasteiger partial charge in [0.05, 0.1) is 23.1 Å². The maximum Gasteiger partial charge on any atom is 0.257 e. The van der Waals surface area contributed by atoms with E-state index in [1.54, 1.807) is 25.4 Å². The topological polar surface area (TPSA) is 80.9 Å². The van der Waals surface area contributed by atoms with Crippen molar-refractivity contribution in [2.45, 2.75) is 6.92 Å². The maximum atomic E-state index is 12.4. The monoisotopic (exact) mass is 278 g/mol. The van der Waals surface area contributed by atoms with Gasteiger partial charge in [-0.3, -0.25) is 14.8 Å². The Morgan fingerprint density at radius 3 is 2.95 bits per heavy atom. The summed E-state index contributed by atoms with van der Waals surface area (Å²) in [5.74, 6) is -0.225. The van der Waals surface area contributed by atoms with Gasteiger partial charge >= 0.3 is 0 Å². The van der Waals surface area contributed by atoms with Crippen LogP contribution in [0.4, 0.5) is 11.4 Å². The van der Waals surface area contributed by atoms with E-state index >= 15 is 0 Å². The SMILES string of the molecule is Cc1ncc(N)cc1C(=O)Nc1cccc2cnccc12. The number of pyridine rings is 2. The van der Waals surface area contributed by atoms with Gasteiger partial charge in [0, 0.05) is 28.9 Å². The molecule has 2 aromatic heterocycles. The van der Waals surface area contributed by atoms with Crippen LogP contribution in [0.2, 0.25) is 0 Å². The Morgan fingerprint density at radius 2 is 2.10 bits per heavy atom. The van der Waals surface area contributed by atoms with Crippen LogP contribution in [0.1, 0.15) is 16.1 Å². The lowest BCUT2D eigenvalue weighted by Crippen LogP contribution is -2.14. The molecule has 1 amide bonds. The molecule has 1 aromatic carbocycles. The number of hydrogen-bond donors (Lipinski definition) is 2. The average Bonchev–Trinajstić information content (AvgIpc) is 2.50. The van der Waals surface area contributed by atoms with Crippen LogP contribution in [0, 0.1) is 6.92 Å². The highest BCUT2D eigenvalue weighted by molar-refractivity contribution is 6.09. The van der Waals surface area contributed by atoms with Crippen molar-refractivity contribution in [3.05, 3.63) is 60.2 Å². The minimum Gasteiger partial charge on any atom is -0.397 e. The third-order valence-electron chi connectivity index (χ3n) is 3.28. The van der Waals surface area contributed by atoms with Crippen LogP contribution in [0.3, 0.4) is 0 Å². The number of aromatic nitrogens is 2. The standard InChI is InChI=1S/C16H14N4O/c1-10-14(7-12(17)9-19-10)16(21)20-15-4-2-3-11-8-18-6-5-13(11)15/h2-9H,17H2,1H3,(H,20,21). The van der Waals surface area contributed by atoms with Gasteiger partial charge in [0.2, 0.25) is 0 Å². The van der Waals surface area contributed by atoms with Crippen LogP contribution in [0.25, 0.3) is 10.8 Å². The first-order chi connectivity index (χ1) is 10.1. The summed E-state index contributed by atoms with van der Waals surface area (Å²) in [4.78, 5) is 20.6. The van der Waals surface area contributed by atoms with Crippen molar-refractivity contribution < 1.29 is 4.79 Å². The van der Waals surface area contributed by atoms with Gasteiger partial charge in [0.25, 0.3) is 5.91 Å². The summed E-state index contributed by atoms with van der Waals surface area (Å²) >= 11 is 0. The van der Waals surface area contributed by atoms with Crippen molar-refractivity contribution in [1.82, 2.24) is 9.97 Å². The van der Waals surface area contributed by atoms with Gasteiger partial charge in [-0.1, -0.05) is 12.1 Å². The summed E-state index contributed by atoms with van der Waals surface area (Å²) in [6.45, 7) is 1.78. The second-order valence-corrected chi connectivity index (χ2v) is 4.76. The van der Waals surface area contributed by atoms with Crippen LogP contribution in [0.5, 0.6) is 0 Å². The fourth-order valence-corrected chi connectivity index (χ4v) is 2.20. The Labute approximate surface area is 121 Å². The fraction of sp³-hybridized carbons (Fsp3) is 0.0625. The van der Waals surface area contributed by atoms with Crippen molar-refractivity contribution in [3.63, 3.8) is 0 Å². The molecule has 0 aliphatic rings. The zero-order chi connectivity index (χ0) is 14.8. The van der Waals surface area contributed by atoms with E-state index in [4.69, 9.17) is 5.73 Å². The predicted molar refractivity (Wildman–Crippen MR) is 83.1 cm³/mol. The first-order valence-electron chi connectivity index (χ1n) is 6.51. The number of carbonyl (C=O) groups excluding carboxylic acids is 1. The molecule has 0 spiro atoms. The quantitative estimate of drug-likeness (QED) is 0.755. The van der Waals surface area contributed by atoms with Crippen LogP contribution >= 0.6 is 0 Å². The highest BCUT2D eigenvalue weighted by Gasteiger charge is 2.12. The summed E-state index contributed by atoms with van der Waals surface area (Å²) in [5, 5.41) is 4.82. The lowest BCUT2D eigenvalue weighted by Gasteiger charge is -2.10. The smallest absolute Gasteiger partial charge is 0.257 e. The summed E-state index contributed by atoms with van der Waals surface area (Å²) in [6, 6.07) is 9.18. The van der Waals surface area contributed by atoms with E-state index in [0.717, 1.165) is 16.5 Å². The van der Waals surface area contributed by atoms with Gasteiger partial charge in [-0.15, -0.1) is 0 Å². The fourth-order valence-electron chi connectivity index (χ4n) is 2.20. The lowest BCUT2D eigenvalue weighted by molar-refractivity contribution is 0.102. The Morgan fingerprint density at radius 1 is 1.24 bits per heavy atom. The van der Waals surface area contributed by atoms with Crippen molar-refractivity contribution in [3.8, 4) is 0 Å². The molecule has 104 valence electrons. The van der Waals surface area contributed by atoms with Crippen molar-refractivity contribution in [1.29, 1.82) is 0 Å². The Kier molecular flexibility index (Phi) is 3.23. The number of rotatable bonds is 2. The summed E-state index contributed by atoms with van der Waals surface area (Å²) in [5.41, 5.74) is 8.02. The summed E-state index contributed by atoms with van der Waals surface area (Å²) in [7, 11) is 0. The van der Waals surface area contributed by atoms with Gasteiger partial charge < -0.3 is 11.1 Å². The minimum absolute atomic E-state index is 0.225. The molecule has 5 nitrogen and oxygen atoms in total. The first-order valence-corrected chi connectivity index (χ1v) is 6.51. The predicted octanol–water partition coefficient (Wildman–Crippen LogP) is 2.77. The van der Waals surface area contributed by atoms with Crippen LogP contribution in [-0.2, 0) is 0 Å². The molecule has 21 heavy (non-hydrogen) atoms. The molecule has 0 aliphatic heterocycles. The van der Waals surface area contributed by atoms with Gasteiger partial charge in [-0.25, -0.2) is 0 Å². The zero-order valence-corrected chi connectivity index (χ0v) is 11.5. The van der Waals surface area contributed by atoms with E-state index in [1.807, 2.05) is 24.3 Å². The molecule has 0 aliphatic carbocycles. The third kappa shape index (κ3) is 2.53. The zero-order valence-electron chi connectivity index (χ0n) is 11.5. The van der Waals surface area contributed by atoms with E-state index in [-0.39, 0.29) is 5.91 Å². The number of carbonyl (C=O) groups is 1. The van der Waals surface area contributed by atoms with E-state index in [0.29, 0.717) is 16.9 Å². The van der Waals surface area contributed by atoms with Crippen LogP contribution < -0.4 is 11.1 Å². The van der Waals surface area contributed by atoms with Crippen molar-refractivity contribution >= 4 is 28.1 Å². The third-order valence-corrected chi connectivity index (χ3v) is 3.28. The van der Waals surface area contributed by atoms with E-state index in [1.165, 1.54) is 6.20 Å². The highest BCUT2D eigenvalue weighted by atomic mass is 16.1. The van der Waals surface area contributed by atoms with E-state index < -0.39 is 0 Å². The normalized spacial score (nSPS) is 10.5. The largest absolute Gasteiger partial charge is 0.397 e. The average molecular weight is 278 g/mol. The van der Waals surface area contributed by atoms with Gasteiger partial charge in [0.1, 0.15) is 0 Å². The van der Waals surface area contributed by atoms with Crippen molar-refractivity contribution in [2.24, 2.45) is 0 Å². The van der Waals surface area contributed by atoms with E-state index in [9.17, 15) is 4.79 Å². The van der Waals surface area contributed by atoms with Gasteiger partial charge in [-0.05, 0) is 25.1 Å². The van der Waals surface area contributed by atoms with E-state index in [2.05, 4.69) is 15.3 Å². The molecule has 0 bridgehead atoms. The number of nitrogen functional groups attached to an aromatic ring is 1. The summed E-state index contributed by atoms with van der Waals surface area (Å²) in [6.07, 6.45) is 5.00. The Hall–Kier alpha value is -2.95. The maximum absolute atomic E-state index is 12.4. The van der Waals surface area contributed by atoms with Crippen LogP contribution in [-0.4, -0.2) is 15.9 Å². The van der Waals surface area contributed by atoms with Gasteiger partial charge in [-0.2, -0.15) is 0 Å². The molecule has 2 heterocycles. The number of aryl methyl sites for hydroxylation is 1. The Bertz CT molecular complexity index is 824. The molecule has 3 rings (SSSR count). The number of benzene rings is 1. The second kappa shape index (κ2) is 5.20. The highest BCUT2D eigenvalue weighted by Crippen LogP contribution is 2.23. The number of hydrogen-bond acceptors (Lipinski definition) is 4. The molecular weight excluding hydrogens is 264 g/mol. The molecule has 0 unspecified atom stereocenters. The number of nitrogens with one attached hydrogen (secondary N) is 1. The lowest BCUT2D eigenvalue weighted by atomic mass is 10.1. The first kappa shape index (κ1) is 13.1. The van der Waals surface area contributed by atoms with Crippen LogP contribution in [0.15, 0.2) is 48.9 Å². The number of anilines is 2. The number of fused-ring (bicyclic) bond motifs is 1. The number of nitrogens with zero attached hydrogens (tertiary/aromatic N) is 2. The van der Waals surface area contributed by atoms with Crippen molar-refractivity contribution in [2.75, 3.05) is 11.1 Å². The minimum atomic E-state index is -0.225. The second-order valence-electron chi connectivity index (χ2n) is 4.76.